The first-order chi connectivity index (χ1) is 11.3. The number of esters is 1. The van der Waals surface area contributed by atoms with Crippen LogP contribution in [0, 0.1) is 20.8 Å². The van der Waals surface area contributed by atoms with Crippen LogP contribution in [-0.4, -0.2) is 23.6 Å². The summed E-state index contributed by atoms with van der Waals surface area (Å²) in [5.41, 5.74) is 3.64. The van der Waals surface area contributed by atoms with Gasteiger partial charge in [-0.3, -0.25) is 4.79 Å². The lowest BCUT2D eigenvalue weighted by atomic mass is 10.1. The number of hydrogen-bond donors (Lipinski definition) is 1. The van der Waals surface area contributed by atoms with E-state index in [1.807, 2.05) is 45.9 Å². The molecule has 0 aliphatic rings. The Morgan fingerprint density at radius 3 is 2.54 bits per heavy atom. The average molecular weight is 330 g/mol. The zero-order valence-corrected chi connectivity index (χ0v) is 14.6. The molecule has 1 N–H and O–H groups in total. The zero-order valence-electron chi connectivity index (χ0n) is 14.6. The molecular weight excluding hydrogens is 308 g/mol. The highest BCUT2D eigenvalue weighted by Gasteiger charge is 2.24. The third kappa shape index (κ3) is 4.01. The molecule has 0 bridgehead atoms. The number of nitrogens with zero attached hydrogens (tertiary/aromatic N) is 1. The molecule has 24 heavy (non-hydrogen) atoms. The van der Waals surface area contributed by atoms with Crippen molar-refractivity contribution in [1.82, 2.24) is 5.16 Å². The van der Waals surface area contributed by atoms with Crippen LogP contribution in [0.15, 0.2) is 22.7 Å². The van der Waals surface area contributed by atoms with Gasteiger partial charge in [0, 0.05) is 11.6 Å². The predicted octanol–water partition coefficient (Wildman–Crippen LogP) is 3.52. The van der Waals surface area contributed by atoms with Crippen LogP contribution in [0.1, 0.15) is 52.7 Å². The number of hydrogen-bond acceptors (Lipinski definition) is 5. The Kier molecular flexibility index (Phi) is 5.39. The quantitative estimate of drug-likeness (QED) is 0.848. The van der Waals surface area contributed by atoms with Crippen LogP contribution in [-0.2, 0) is 9.53 Å². The van der Waals surface area contributed by atoms with E-state index in [1.165, 1.54) is 0 Å². The molecule has 128 valence electrons. The highest BCUT2D eigenvalue weighted by atomic mass is 16.5. The van der Waals surface area contributed by atoms with Gasteiger partial charge in [0.05, 0.1) is 5.69 Å². The number of rotatable bonds is 5. The average Bonchev–Trinajstić information content (AvgIpc) is 2.90. The Balaban J connectivity index is 1.97. The van der Waals surface area contributed by atoms with Crippen molar-refractivity contribution in [2.45, 2.75) is 40.5 Å². The second kappa shape index (κ2) is 7.29. The molecule has 2 rings (SSSR count). The minimum atomic E-state index is -0.604. The van der Waals surface area contributed by atoms with Crippen molar-refractivity contribution in [2.24, 2.45) is 0 Å². The van der Waals surface area contributed by atoms with Crippen molar-refractivity contribution in [1.29, 1.82) is 0 Å². The maximum atomic E-state index is 12.2. The number of amides is 1. The summed E-state index contributed by atoms with van der Waals surface area (Å²) in [6, 6.07) is 5.60. The summed E-state index contributed by atoms with van der Waals surface area (Å²) in [7, 11) is 0. The second-order valence-corrected chi connectivity index (χ2v) is 6.09. The summed E-state index contributed by atoms with van der Waals surface area (Å²) < 4.78 is 10.2. The topological polar surface area (TPSA) is 81.4 Å². The molecule has 1 aromatic carbocycles. The van der Waals surface area contributed by atoms with E-state index >= 15 is 0 Å². The molecule has 0 radical (unpaired) electrons. The van der Waals surface area contributed by atoms with Crippen molar-refractivity contribution in [3.8, 4) is 0 Å². The van der Waals surface area contributed by atoms with Gasteiger partial charge in [0.25, 0.3) is 5.91 Å². The number of nitrogens with one attached hydrogen (secondary N) is 1. The van der Waals surface area contributed by atoms with Gasteiger partial charge in [-0.2, -0.15) is 0 Å². The molecular formula is C18H22N2O4. The predicted molar refractivity (Wildman–Crippen MR) is 90.2 cm³/mol. The van der Waals surface area contributed by atoms with Crippen LogP contribution >= 0.6 is 0 Å². The van der Waals surface area contributed by atoms with Gasteiger partial charge in [-0.25, -0.2) is 4.79 Å². The van der Waals surface area contributed by atoms with Gasteiger partial charge in [-0.15, -0.1) is 0 Å². The molecule has 0 saturated heterocycles. The highest BCUT2D eigenvalue weighted by Crippen LogP contribution is 2.23. The van der Waals surface area contributed by atoms with E-state index in [9.17, 15) is 9.59 Å². The van der Waals surface area contributed by atoms with Gasteiger partial charge in [-0.05, 0) is 44.0 Å². The maximum Gasteiger partial charge on any atom is 0.344 e. The summed E-state index contributed by atoms with van der Waals surface area (Å²) >= 11 is 0. The lowest BCUT2D eigenvalue weighted by Gasteiger charge is -2.09. The van der Waals surface area contributed by atoms with E-state index in [-0.39, 0.29) is 12.5 Å². The second-order valence-electron chi connectivity index (χ2n) is 6.09. The summed E-state index contributed by atoms with van der Waals surface area (Å²) in [5.74, 6) is -0.537. The first-order valence-corrected chi connectivity index (χ1v) is 7.80. The van der Waals surface area contributed by atoms with Gasteiger partial charge in [0.2, 0.25) is 0 Å². The molecule has 1 heterocycles. The molecule has 1 aromatic heterocycles. The number of benzene rings is 1. The molecule has 0 fully saturated rings. The van der Waals surface area contributed by atoms with Crippen LogP contribution < -0.4 is 5.32 Å². The Labute approximate surface area is 141 Å². The van der Waals surface area contributed by atoms with E-state index in [1.54, 1.807) is 6.92 Å². The fraction of sp³-hybridized carbons (Fsp3) is 0.389. The molecule has 0 saturated carbocycles. The van der Waals surface area contributed by atoms with Crippen molar-refractivity contribution >= 4 is 17.6 Å². The lowest BCUT2D eigenvalue weighted by Crippen LogP contribution is -2.21. The van der Waals surface area contributed by atoms with E-state index in [2.05, 4.69) is 10.5 Å². The first-order valence-electron chi connectivity index (χ1n) is 7.80. The minimum absolute atomic E-state index is 0.00175. The number of ether oxygens (including phenoxy) is 1. The van der Waals surface area contributed by atoms with Crippen LogP contribution in [0.5, 0.6) is 0 Å². The van der Waals surface area contributed by atoms with Crippen LogP contribution in [0.4, 0.5) is 5.69 Å². The SMILES string of the molecule is Cc1ccc(NC(=O)COC(=O)c2c(C)noc2C(C)C)cc1C. The summed E-state index contributed by atoms with van der Waals surface area (Å²) in [6.45, 7) is 9.05. The zero-order chi connectivity index (χ0) is 17.9. The van der Waals surface area contributed by atoms with Crippen LogP contribution in [0.3, 0.4) is 0 Å². The number of carbonyl (C=O) groups is 2. The number of anilines is 1. The maximum absolute atomic E-state index is 12.2. The van der Waals surface area contributed by atoms with Gasteiger partial charge in [-0.1, -0.05) is 25.1 Å². The molecule has 1 amide bonds. The monoisotopic (exact) mass is 330 g/mol. The molecule has 0 spiro atoms. The van der Waals surface area contributed by atoms with Crippen LogP contribution in [0.25, 0.3) is 0 Å². The molecule has 2 aromatic rings. The van der Waals surface area contributed by atoms with Gasteiger partial charge >= 0.3 is 5.97 Å². The minimum Gasteiger partial charge on any atom is -0.452 e. The van der Waals surface area contributed by atoms with E-state index in [4.69, 9.17) is 9.26 Å². The third-order valence-electron chi connectivity index (χ3n) is 3.74. The van der Waals surface area contributed by atoms with Gasteiger partial charge < -0.3 is 14.6 Å². The van der Waals surface area contributed by atoms with Crippen LogP contribution in [0.2, 0.25) is 0 Å². The van der Waals surface area contributed by atoms with E-state index in [0.717, 1.165) is 11.1 Å². The molecule has 6 nitrogen and oxygen atoms in total. The van der Waals surface area contributed by atoms with E-state index < -0.39 is 11.9 Å². The fourth-order valence-electron chi connectivity index (χ4n) is 2.25. The molecule has 0 aliphatic carbocycles. The molecule has 0 unspecified atom stereocenters. The standard InChI is InChI=1S/C18H22N2O4/c1-10(2)17-16(13(5)20-24-17)18(22)23-9-15(21)19-14-7-6-11(3)12(4)8-14/h6-8,10H,9H2,1-5H3,(H,19,21). The summed E-state index contributed by atoms with van der Waals surface area (Å²) in [4.78, 5) is 24.2. The lowest BCUT2D eigenvalue weighted by molar-refractivity contribution is -0.119. The summed E-state index contributed by atoms with van der Waals surface area (Å²) in [6.07, 6.45) is 0. The molecule has 0 atom stereocenters. The van der Waals surface area contributed by atoms with E-state index in [0.29, 0.717) is 22.7 Å². The molecule has 0 aliphatic heterocycles. The fourth-order valence-corrected chi connectivity index (χ4v) is 2.25. The highest BCUT2D eigenvalue weighted by molar-refractivity contribution is 5.96. The van der Waals surface area contributed by atoms with Crippen molar-refractivity contribution < 1.29 is 18.8 Å². The largest absolute Gasteiger partial charge is 0.452 e. The number of aromatic nitrogens is 1. The van der Waals surface area contributed by atoms with Crippen molar-refractivity contribution in [3.63, 3.8) is 0 Å². The first kappa shape index (κ1) is 17.7. The Morgan fingerprint density at radius 2 is 1.92 bits per heavy atom. The van der Waals surface area contributed by atoms with Crippen molar-refractivity contribution in [3.05, 3.63) is 46.3 Å². The third-order valence-corrected chi connectivity index (χ3v) is 3.74. The number of carbonyl (C=O) groups excluding carboxylic acids is 2. The van der Waals surface area contributed by atoms with Crippen molar-refractivity contribution in [2.75, 3.05) is 11.9 Å². The van der Waals surface area contributed by atoms with Gasteiger partial charge in [0.15, 0.2) is 12.4 Å². The smallest absolute Gasteiger partial charge is 0.344 e. The Bertz CT molecular complexity index is 762. The molecule has 6 heteroatoms. The Morgan fingerprint density at radius 1 is 1.21 bits per heavy atom. The summed E-state index contributed by atoms with van der Waals surface area (Å²) in [5, 5.41) is 6.50. The normalized spacial score (nSPS) is 10.8. The van der Waals surface area contributed by atoms with Gasteiger partial charge in [0.1, 0.15) is 5.56 Å². The number of aryl methyl sites for hydroxylation is 3. The Hall–Kier alpha value is -2.63.